The number of rotatable bonds is 5. The van der Waals surface area contributed by atoms with E-state index in [4.69, 9.17) is 9.84 Å². The number of aromatic carboxylic acids is 1. The molecule has 0 unspecified atom stereocenters. The largest absolute Gasteiger partial charge is 0.477 e. The summed E-state index contributed by atoms with van der Waals surface area (Å²) in [4.78, 5) is 22.4. The van der Waals surface area contributed by atoms with Gasteiger partial charge in [0.15, 0.2) is 0 Å². The highest BCUT2D eigenvalue weighted by molar-refractivity contribution is 7.12. The van der Waals surface area contributed by atoms with Gasteiger partial charge in [-0.05, 0) is 22.6 Å². The molecule has 1 amide bonds. The number of nitrogens with one attached hydrogen (secondary N) is 1. The van der Waals surface area contributed by atoms with Crippen molar-refractivity contribution in [1.82, 2.24) is 5.32 Å². The molecule has 0 saturated carbocycles. The van der Waals surface area contributed by atoms with Crippen LogP contribution in [0, 0.1) is 0 Å². The third kappa shape index (κ3) is 4.10. The summed E-state index contributed by atoms with van der Waals surface area (Å²) in [5, 5.41) is 13.1. The van der Waals surface area contributed by atoms with Crippen molar-refractivity contribution in [2.75, 3.05) is 0 Å². The summed E-state index contributed by atoms with van der Waals surface area (Å²) < 4.78 is 5.04. The first kappa shape index (κ1) is 14.1. The van der Waals surface area contributed by atoms with Crippen molar-refractivity contribution in [3.8, 4) is 0 Å². The Morgan fingerprint density at radius 1 is 1.20 bits per heavy atom. The number of hydrogen-bond donors (Lipinski definition) is 2. The lowest BCUT2D eigenvalue weighted by molar-refractivity contribution is 0.0702. The van der Waals surface area contributed by atoms with Crippen LogP contribution in [0.1, 0.15) is 20.8 Å². The maximum absolute atomic E-state index is 11.5. The Labute approximate surface area is 119 Å². The molecule has 20 heavy (non-hydrogen) atoms. The Hall–Kier alpha value is -2.34. The fraction of sp³-hybridized carbons (Fsp3) is 0.143. The van der Waals surface area contributed by atoms with Gasteiger partial charge in [-0.3, -0.25) is 0 Å². The molecule has 2 aromatic rings. The lowest BCUT2D eigenvalue weighted by atomic mass is 10.2. The van der Waals surface area contributed by atoms with Gasteiger partial charge in [0.1, 0.15) is 11.5 Å². The molecule has 2 rings (SSSR count). The number of alkyl carbamates (subject to hydrolysis) is 1. The third-order valence-corrected chi connectivity index (χ3v) is 3.48. The van der Waals surface area contributed by atoms with E-state index in [0.717, 1.165) is 22.5 Å². The molecule has 0 spiro atoms. The van der Waals surface area contributed by atoms with Crippen molar-refractivity contribution >= 4 is 23.4 Å². The van der Waals surface area contributed by atoms with Crippen LogP contribution < -0.4 is 5.32 Å². The fourth-order valence-electron chi connectivity index (χ4n) is 1.53. The van der Waals surface area contributed by atoms with Gasteiger partial charge < -0.3 is 15.2 Å². The van der Waals surface area contributed by atoms with Crippen molar-refractivity contribution < 1.29 is 19.4 Å². The molecule has 0 saturated heterocycles. The zero-order chi connectivity index (χ0) is 14.4. The normalized spacial score (nSPS) is 10.0. The van der Waals surface area contributed by atoms with E-state index in [1.54, 1.807) is 5.38 Å². The third-order valence-electron chi connectivity index (χ3n) is 2.51. The standard InChI is InChI=1S/C14H13NO4S/c16-13(17)12-6-11(9-20-12)7-15-14(18)19-8-10-4-2-1-3-5-10/h1-6,9H,7-8H2,(H,15,18)(H,16,17). The van der Waals surface area contributed by atoms with Crippen LogP contribution in [0.3, 0.4) is 0 Å². The molecule has 104 valence electrons. The van der Waals surface area contributed by atoms with Crippen LogP contribution in [-0.2, 0) is 17.9 Å². The van der Waals surface area contributed by atoms with Crippen molar-refractivity contribution in [1.29, 1.82) is 0 Å². The molecule has 5 nitrogen and oxygen atoms in total. The van der Waals surface area contributed by atoms with Gasteiger partial charge in [-0.1, -0.05) is 30.3 Å². The van der Waals surface area contributed by atoms with E-state index in [1.165, 1.54) is 6.07 Å². The summed E-state index contributed by atoms with van der Waals surface area (Å²) in [6.07, 6.45) is -0.531. The molecule has 0 aliphatic rings. The highest BCUT2D eigenvalue weighted by Crippen LogP contribution is 2.14. The number of amides is 1. The zero-order valence-electron chi connectivity index (χ0n) is 10.5. The van der Waals surface area contributed by atoms with Gasteiger partial charge in [0.2, 0.25) is 0 Å². The van der Waals surface area contributed by atoms with Crippen molar-refractivity contribution in [2.24, 2.45) is 0 Å². The minimum atomic E-state index is -0.965. The lowest BCUT2D eigenvalue weighted by Crippen LogP contribution is -2.23. The monoisotopic (exact) mass is 291 g/mol. The van der Waals surface area contributed by atoms with Crippen molar-refractivity contribution in [3.05, 3.63) is 57.8 Å². The Kier molecular flexibility index (Phi) is 4.73. The van der Waals surface area contributed by atoms with Gasteiger partial charge in [-0.25, -0.2) is 9.59 Å². The Bertz CT molecular complexity index is 594. The van der Waals surface area contributed by atoms with E-state index in [-0.39, 0.29) is 18.0 Å². The van der Waals surface area contributed by atoms with Crippen LogP contribution in [0.5, 0.6) is 0 Å². The molecular weight excluding hydrogens is 278 g/mol. The second-order valence-electron chi connectivity index (χ2n) is 4.04. The first-order valence-electron chi connectivity index (χ1n) is 5.90. The van der Waals surface area contributed by atoms with Gasteiger partial charge in [-0.15, -0.1) is 11.3 Å². The number of benzene rings is 1. The van der Waals surface area contributed by atoms with Crippen molar-refractivity contribution in [2.45, 2.75) is 13.2 Å². The van der Waals surface area contributed by atoms with E-state index < -0.39 is 12.1 Å². The average molecular weight is 291 g/mol. The predicted octanol–water partition coefficient (Wildman–Crippen LogP) is 2.87. The van der Waals surface area contributed by atoms with Crippen LogP contribution in [-0.4, -0.2) is 17.2 Å². The van der Waals surface area contributed by atoms with Gasteiger partial charge in [0.05, 0.1) is 0 Å². The summed E-state index contributed by atoms with van der Waals surface area (Å²) >= 11 is 1.13. The van der Waals surface area contributed by atoms with E-state index in [1.807, 2.05) is 30.3 Å². The molecule has 0 aliphatic heterocycles. The zero-order valence-corrected chi connectivity index (χ0v) is 11.4. The highest BCUT2D eigenvalue weighted by atomic mass is 32.1. The van der Waals surface area contributed by atoms with Gasteiger partial charge in [0, 0.05) is 6.54 Å². The molecule has 0 bridgehead atoms. The minimum Gasteiger partial charge on any atom is -0.477 e. The van der Waals surface area contributed by atoms with Crippen LogP contribution in [0.4, 0.5) is 4.79 Å². The van der Waals surface area contributed by atoms with Crippen LogP contribution in [0.25, 0.3) is 0 Å². The van der Waals surface area contributed by atoms with Gasteiger partial charge in [0.25, 0.3) is 0 Å². The number of hydrogen-bond acceptors (Lipinski definition) is 4. The summed E-state index contributed by atoms with van der Waals surface area (Å²) in [6.45, 7) is 0.452. The fourth-order valence-corrected chi connectivity index (χ4v) is 2.28. The van der Waals surface area contributed by atoms with E-state index in [2.05, 4.69) is 5.32 Å². The number of carboxylic acid groups (broad SMARTS) is 1. The maximum atomic E-state index is 11.5. The number of carbonyl (C=O) groups excluding carboxylic acids is 1. The molecule has 0 fully saturated rings. The van der Waals surface area contributed by atoms with Crippen LogP contribution >= 0.6 is 11.3 Å². The molecular formula is C14H13NO4S. The Balaban J connectivity index is 1.76. The summed E-state index contributed by atoms with van der Waals surface area (Å²) in [6, 6.07) is 10.9. The smallest absolute Gasteiger partial charge is 0.407 e. The first-order valence-corrected chi connectivity index (χ1v) is 6.78. The molecule has 0 aliphatic carbocycles. The summed E-state index contributed by atoms with van der Waals surface area (Å²) in [5.41, 5.74) is 1.65. The molecule has 1 heterocycles. The topological polar surface area (TPSA) is 75.6 Å². The predicted molar refractivity (Wildman–Crippen MR) is 74.7 cm³/mol. The molecule has 0 atom stereocenters. The molecule has 6 heteroatoms. The minimum absolute atomic E-state index is 0.205. The number of ether oxygens (including phenoxy) is 1. The van der Waals surface area contributed by atoms with Crippen molar-refractivity contribution in [3.63, 3.8) is 0 Å². The van der Waals surface area contributed by atoms with E-state index >= 15 is 0 Å². The summed E-state index contributed by atoms with van der Waals surface area (Å²) in [5.74, 6) is -0.965. The lowest BCUT2D eigenvalue weighted by Gasteiger charge is -2.06. The molecule has 1 aromatic carbocycles. The number of carboxylic acids is 1. The second-order valence-corrected chi connectivity index (χ2v) is 4.95. The second kappa shape index (κ2) is 6.72. The Morgan fingerprint density at radius 3 is 2.60 bits per heavy atom. The van der Waals surface area contributed by atoms with E-state index in [0.29, 0.717) is 0 Å². The Morgan fingerprint density at radius 2 is 1.95 bits per heavy atom. The number of thiophene rings is 1. The van der Waals surface area contributed by atoms with Gasteiger partial charge in [-0.2, -0.15) is 0 Å². The highest BCUT2D eigenvalue weighted by Gasteiger charge is 2.08. The summed E-state index contributed by atoms with van der Waals surface area (Å²) in [7, 11) is 0. The van der Waals surface area contributed by atoms with Crippen LogP contribution in [0.15, 0.2) is 41.8 Å². The maximum Gasteiger partial charge on any atom is 0.407 e. The first-order chi connectivity index (χ1) is 9.65. The SMILES string of the molecule is O=C(NCc1csc(C(=O)O)c1)OCc1ccccc1. The molecule has 2 N–H and O–H groups in total. The quantitative estimate of drug-likeness (QED) is 0.888. The van der Waals surface area contributed by atoms with Gasteiger partial charge >= 0.3 is 12.1 Å². The average Bonchev–Trinajstić information content (AvgIpc) is 2.93. The molecule has 1 aromatic heterocycles. The molecule has 0 radical (unpaired) electrons. The number of carbonyl (C=O) groups is 2. The van der Waals surface area contributed by atoms with E-state index in [9.17, 15) is 9.59 Å². The van der Waals surface area contributed by atoms with Crippen LogP contribution in [0.2, 0.25) is 0 Å².